The summed E-state index contributed by atoms with van der Waals surface area (Å²) in [5.74, 6) is 0. The molecule has 0 aromatic heterocycles. The molecule has 0 aliphatic carbocycles. The first-order valence-electron chi connectivity index (χ1n) is 8.09. The number of hydrogen-bond acceptors (Lipinski definition) is 0. The normalized spacial score (nSPS) is 8.57. The van der Waals surface area contributed by atoms with Gasteiger partial charge < -0.3 is 35.4 Å². The van der Waals surface area contributed by atoms with Crippen molar-refractivity contribution < 1.29 is 46.5 Å². The van der Waals surface area contributed by atoms with Gasteiger partial charge in [-0.3, -0.25) is 0 Å². The van der Waals surface area contributed by atoms with Crippen LogP contribution in [0.1, 0.15) is 79.1 Å². The van der Waals surface area contributed by atoms with Gasteiger partial charge in [0.2, 0.25) is 0 Å². The van der Waals surface area contributed by atoms with Crippen LogP contribution in [0, 0.1) is 0 Å². The van der Waals surface area contributed by atoms with Gasteiger partial charge in [-0.1, -0.05) is 79.1 Å². The maximum atomic E-state index is 4.35. The molecule has 0 spiro atoms. The molecule has 128 valence electrons. The molecule has 0 rings (SSSR count). The van der Waals surface area contributed by atoms with Crippen LogP contribution in [0.5, 0.6) is 0 Å². The van der Waals surface area contributed by atoms with Crippen LogP contribution in [0.15, 0.2) is 0 Å². The van der Waals surface area contributed by atoms with Crippen molar-refractivity contribution >= 4 is 0 Å². The minimum absolute atomic E-state index is 0. The first-order chi connectivity index (χ1) is 8.83. The summed E-state index contributed by atoms with van der Waals surface area (Å²) in [6, 6.07) is 0. The topological polar surface area (TPSA) is 28.2 Å². The summed E-state index contributed by atoms with van der Waals surface area (Å²) in [6.45, 7) is 13.1. The molecule has 0 saturated carbocycles. The molecule has 0 aliphatic rings. The van der Waals surface area contributed by atoms with E-state index >= 15 is 0 Å². The molecule has 0 heterocycles. The van der Waals surface area contributed by atoms with E-state index in [1.807, 2.05) is 0 Å². The third-order valence-electron chi connectivity index (χ3n) is 2.68. The first-order valence-corrected chi connectivity index (χ1v) is 8.09. The van der Waals surface area contributed by atoms with Gasteiger partial charge in [0.25, 0.3) is 0 Å². The summed E-state index contributed by atoms with van der Waals surface area (Å²) in [4.78, 5) is 0. The second-order valence-corrected chi connectivity index (χ2v) is 4.76. The number of nitrogens with zero attached hydrogens (tertiary/aromatic N) is 2. The Balaban J connectivity index is -0.0000000711. The molecule has 0 atom stereocenters. The van der Waals surface area contributed by atoms with E-state index in [2.05, 4.69) is 38.3 Å². The smallest absolute Gasteiger partial charge is 1.00 e. The Kier molecular flexibility index (Phi) is 60.2. The zero-order valence-electron chi connectivity index (χ0n) is 14.6. The van der Waals surface area contributed by atoms with E-state index in [9.17, 15) is 0 Å². The van der Waals surface area contributed by atoms with Crippen molar-refractivity contribution in [1.82, 2.24) is 0 Å². The maximum Gasteiger partial charge on any atom is 4.00 e. The minimum atomic E-state index is 0. The number of rotatable bonds is 12. The molecule has 0 aromatic carbocycles. The van der Waals surface area contributed by atoms with Crippen molar-refractivity contribution in [3.05, 3.63) is 10.6 Å². The summed E-state index contributed by atoms with van der Waals surface area (Å²) in [7, 11) is 0. The van der Waals surface area contributed by atoms with E-state index in [1.165, 1.54) is 51.4 Å². The van der Waals surface area contributed by atoms with Gasteiger partial charge in [-0.15, -0.1) is 26.2 Å². The van der Waals surface area contributed by atoms with Crippen LogP contribution < -0.4 is 24.8 Å². The second kappa shape index (κ2) is 37.4. The predicted molar refractivity (Wildman–Crippen MR) is 85.8 cm³/mol. The number of hydrogen-bond donors (Lipinski definition) is 0. The van der Waals surface area contributed by atoms with Crippen LogP contribution in [0.4, 0.5) is 0 Å². The average Bonchev–Trinajstić information content (AvgIpc) is 2.39. The van der Waals surface area contributed by atoms with E-state index in [1.54, 1.807) is 0 Å². The molecule has 0 saturated heterocycles. The zero-order valence-corrected chi connectivity index (χ0v) is 17.7. The molecule has 5 heteroatoms. The molecule has 0 fully saturated rings. The molecule has 0 N–H and O–H groups in total. The monoisotopic (exact) mass is 374 g/mol. The Morgan fingerprint density at radius 3 is 0.810 bits per heavy atom. The van der Waals surface area contributed by atoms with E-state index in [0.29, 0.717) is 0 Å². The zero-order chi connectivity index (χ0) is 13.9. The van der Waals surface area contributed by atoms with Crippen molar-refractivity contribution in [2.75, 3.05) is 26.2 Å². The van der Waals surface area contributed by atoms with Gasteiger partial charge in [0.05, 0.1) is 0 Å². The molecule has 0 amide bonds. The van der Waals surface area contributed by atoms with Gasteiger partial charge >= 0.3 is 21.7 Å². The molecular weight excluding hydrogens is 339 g/mol. The standard InChI is InChI=1S/2C8H18N.2ClH.Ti/c2*1-3-5-7-9-8-6-4-2;;;/h2*3-8H2,1-2H3;2*1H;/q2*-1;;;+4/p-2. The quantitative estimate of drug-likeness (QED) is 0.338. The van der Waals surface area contributed by atoms with Crippen LogP contribution in [0.2, 0.25) is 0 Å². The van der Waals surface area contributed by atoms with Crippen LogP contribution >= 0.6 is 0 Å². The first kappa shape index (κ1) is 33.7. The fourth-order valence-electron chi connectivity index (χ4n) is 1.30. The molecule has 0 bridgehead atoms. The van der Waals surface area contributed by atoms with Gasteiger partial charge in [0.1, 0.15) is 0 Å². The van der Waals surface area contributed by atoms with E-state index < -0.39 is 0 Å². The molecule has 0 unspecified atom stereocenters. The average molecular weight is 375 g/mol. The number of halogens is 2. The van der Waals surface area contributed by atoms with E-state index in [-0.39, 0.29) is 46.5 Å². The molecule has 0 aliphatic heterocycles. The summed E-state index contributed by atoms with van der Waals surface area (Å²) in [5.41, 5.74) is 0. The van der Waals surface area contributed by atoms with Crippen LogP contribution in [-0.4, -0.2) is 26.2 Å². The summed E-state index contributed by atoms with van der Waals surface area (Å²) in [6.07, 6.45) is 10.2. The van der Waals surface area contributed by atoms with Gasteiger partial charge in [0, 0.05) is 0 Å². The van der Waals surface area contributed by atoms with Gasteiger partial charge in [-0.25, -0.2) is 0 Å². The third kappa shape index (κ3) is 44.9. The molecule has 0 aromatic rings. The van der Waals surface area contributed by atoms with Crippen molar-refractivity contribution in [2.24, 2.45) is 0 Å². The Morgan fingerprint density at radius 2 is 0.667 bits per heavy atom. The predicted octanol–water partition coefficient (Wildman–Crippen LogP) is -0.0739. The fraction of sp³-hybridized carbons (Fsp3) is 1.00. The van der Waals surface area contributed by atoms with Gasteiger partial charge in [-0.05, 0) is 0 Å². The molecule has 0 radical (unpaired) electrons. The van der Waals surface area contributed by atoms with Crippen molar-refractivity contribution in [2.45, 2.75) is 79.1 Å². The van der Waals surface area contributed by atoms with Gasteiger partial charge in [-0.2, -0.15) is 0 Å². The largest absolute Gasteiger partial charge is 4.00 e. The van der Waals surface area contributed by atoms with E-state index in [0.717, 1.165) is 26.2 Å². The van der Waals surface area contributed by atoms with Crippen LogP contribution in [0.3, 0.4) is 0 Å². The Labute approximate surface area is 162 Å². The van der Waals surface area contributed by atoms with Crippen LogP contribution in [-0.2, 0) is 21.7 Å². The van der Waals surface area contributed by atoms with Crippen molar-refractivity contribution in [1.29, 1.82) is 0 Å². The van der Waals surface area contributed by atoms with Crippen LogP contribution in [0.25, 0.3) is 10.6 Å². The summed E-state index contributed by atoms with van der Waals surface area (Å²) < 4.78 is 0. The Hall–Kier alpha value is 1.21. The van der Waals surface area contributed by atoms with Crippen molar-refractivity contribution in [3.8, 4) is 0 Å². The SMILES string of the molecule is CCCC[N-]CCCC.CCCC[N-]CCCC.[Cl-].[Cl-].[Ti+4]. The van der Waals surface area contributed by atoms with E-state index in [4.69, 9.17) is 0 Å². The van der Waals surface area contributed by atoms with Gasteiger partial charge in [0.15, 0.2) is 0 Å². The van der Waals surface area contributed by atoms with Crippen molar-refractivity contribution in [3.63, 3.8) is 0 Å². The molecule has 21 heavy (non-hydrogen) atoms. The fourth-order valence-corrected chi connectivity index (χ4v) is 1.30. The second-order valence-electron chi connectivity index (χ2n) is 4.76. The Morgan fingerprint density at radius 1 is 0.476 bits per heavy atom. The summed E-state index contributed by atoms with van der Waals surface area (Å²) >= 11 is 0. The molecule has 2 nitrogen and oxygen atoms in total. The molecular formula is C16H36Cl2N2Ti. The number of unbranched alkanes of at least 4 members (excludes halogenated alkanes) is 4. The minimum Gasteiger partial charge on any atom is -1.00 e. The maximum absolute atomic E-state index is 4.35. The summed E-state index contributed by atoms with van der Waals surface area (Å²) in [5, 5.41) is 8.70. The Bertz CT molecular complexity index is 105. The third-order valence-corrected chi connectivity index (χ3v) is 2.68.